The van der Waals surface area contributed by atoms with E-state index < -0.39 is 38.3 Å². The lowest BCUT2D eigenvalue weighted by atomic mass is 10.1. The summed E-state index contributed by atoms with van der Waals surface area (Å²) in [7, 11) is -8.23. The molecule has 0 atom stereocenters. The topological polar surface area (TPSA) is 131 Å². The first-order chi connectivity index (χ1) is 20.4. The zero-order valence-electron chi connectivity index (χ0n) is 23.2. The van der Waals surface area contributed by atoms with Crippen LogP contribution in [0.15, 0.2) is 94.7 Å². The van der Waals surface area contributed by atoms with Crippen LogP contribution in [0.5, 0.6) is 11.5 Å². The molecule has 0 radical (unpaired) electrons. The highest BCUT2D eigenvalue weighted by atomic mass is 32.2. The molecule has 13 heteroatoms. The average molecular weight is 626 g/mol. The summed E-state index contributed by atoms with van der Waals surface area (Å²) >= 11 is 0. The second kappa shape index (κ2) is 11.9. The van der Waals surface area contributed by atoms with Gasteiger partial charge in [-0.05, 0) is 97.8 Å². The van der Waals surface area contributed by atoms with Gasteiger partial charge in [-0.3, -0.25) is 13.8 Å². The van der Waals surface area contributed by atoms with Crippen molar-refractivity contribution in [2.75, 3.05) is 34.1 Å². The molecule has 0 saturated carbocycles. The van der Waals surface area contributed by atoms with Crippen molar-refractivity contribution in [2.24, 2.45) is 0 Å². The van der Waals surface area contributed by atoms with E-state index in [0.717, 1.165) is 27.6 Å². The minimum absolute atomic E-state index is 0.0298. The maximum absolute atomic E-state index is 13.7. The Hall–Kier alpha value is -4.62. The summed E-state index contributed by atoms with van der Waals surface area (Å²) in [5.74, 6) is -0.648. The van der Waals surface area contributed by atoms with Crippen LogP contribution in [0.2, 0.25) is 0 Å². The van der Waals surface area contributed by atoms with E-state index >= 15 is 0 Å². The first-order valence-corrected chi connectivity index (χ1v) is 16.0. The van der Waals surface area contributed by atoms with Crippen molar-refractivity contribution in [3.05, 3.63) is 102 Å². The monoisotopic (exact) mass is 625 g/mol. The number of carbonyl (C=O) groups is 1. The Morgan fingerprint density at radius 3 is 2.07 bits per heavy atom. The van der Waals surface area contributed by atoms with Gasteiger partial charge in [0.15, 0.2) is 11.5 Å². The second-order valence-corrected chi connectivity index (χ2v) is 13.3. The first-order valence-electron chi connectivity index (χ1n) is 13.1. The number of nitrogens with zero attached hydrogens (tertiary/aromatic N) is 1. The minimum Gasteiger partial charge on any atom is -0.486 e. The Morgan fingerprint density at radius 1 is 0.767 bits per heavy atom. The minimum atomic E-state index is -4.32. The molecule has 43 heavy (non-hydrogen) atoms. The number of carbonyl (C=O) groups excluding carboxylic acids is 1. The lowest BCUT2D eigenvalue weighted by Gasteiger charge is -2.25. The van der Waals surface area contributed by atoms with Crippen LogP contribution in [0.3, 0.4) is 0 Å². The quantitative estimate of drug-likeness (QED) is 0.272. The van der Waals surface area contributed by atoms with Crippen LogP contribution in [0.1, 0.15) is 11.1 Å². The van der Waals surface area contributed by atoms with Crippen LogP contribution < -0.4 is 23.8 Å². The van der Waals surface area contributed by atoms with Crippen molar-refractivity contribution in [3.63, 3.8) is 0 Å². The molecule has 0 fully saturated rings. The second-order valence-electron chi connectivity index (χ2n) is 9.77. The van der Waals surface area contributed by atoms with Crippen molar-refractivity contribution >= 4 is 43.0 Å². The van der Waals surface area contributed by atoms with Crippen LogP contribution in [-0.2, 0) is 24.8 Å². The molecule has 0 bridgehead atoms. The number of amides is 1. The molecular weight excluding hydrogens is 597 g/mol. The van der Waals surface area contributed by atoms with Crippen LogP contribution >= 0.6 is 0 Å². The third-order valence-electron chi connectivity index (χ3n) is 6.71. The Balaban J connectivity index is 1.34. The zero-order chi connectivity index (χ0) is 30.8. The largest absolute Gasteiger partial charge is 0.486 e. The molecule has 0 aliphatic carbocycles. The number of halogens is 1. The number of nitrogens with one attached hydrogen (secondary N) is 2. The molecule has 4 aromatic rings. The Labute approximate surface area is 249 Å². The smallest absolute Gasteiger partial charge is 0.264 e. The summed E-state index contributed by atoms with van der Waals surface area (Å²) < 4.78 is 81.2. The third kappa shape index (κ3) is 6.73. The molecular formula is C30H28FN3O7S2. The normalized spacial score (nSPS) is 12.8. The number of rotatable bonds is 9. The van der Waals surface area contributed by atoms with E-state index in [0.29, 0.717) is 18.0 Å². The maximum Gasteiger partial charge on any atom is 0.264 e. The van der Waals surface area contributed by atoms with Gasteiger partial charge >= 0.3 is 0 Å². The summed E-state index contributed by atoms with van der Waals surface area (Å²) in [6.07, 6.45) is 0. The lowest BCUT2D eigenvalue weighted by Crippen LogP contribution is -2.38. The molecule has 10 nitrogen and oxygen atoms in total. The molecule has 4 aromatic carbocycles. The number of hydrogen-bond donors (Lipinski definition) is 2. The molecule has 1 heterocycles. The van der Waals surface area contributed by atoms with Gasteiger partial charge in [0, 0.05) is 17.4 Å². The zero-order valence-corrected chi connectivity index (χ0v) is 24.8. The highest BCUT2D eigenvalue weighted by molar-refractivity contribution is 7.93. The number of anilines is 3. The third-order valence-corrected chi connectivity index (χ3v) is 9.88. The van der Waals surface area contributed by atoms with Crippen molar-refractivity contribution in [1.29, 1.82) is 0 Å². The Bertz CT molecular complexity index is 1880. The molecule has 224 valence electrons. The molecule has 1 aliphatic heterocycles. The molecule has 0 spiro atoms. The fraction of sp³-hybridized carbons (Fsp3) is 0.167. The highest BCUT2D eigenvalue weighted by Crippen LogP contribution is 2.34. The summed E-state index contributed by atoms with van der Waals surface area (Å²) in [6.45, 7) is 3.73. The van der Waals surface area contributed by atoms with E-state index in [1.54, 1.807) is 12.1 Å². The van der Waals surface area contributed by atoms with Crippen molar-refractivity contribution in [2.45, 2.75) is 23.6 Å². The van der Waals surface area contributed by atoms with Gasteiger partial charge in [0.2, 0.25) is 5.91 Å². The molecule has 2 N–H and O–H groups in total. The van der Waals surface area contributed by atoms with Gasteiger partial charge in [-0.15, -0.1) is 0 Å². The average Bonchev–Trinajstić information content (AvgIpc) is 2.98. The van der Waals surface area contributed by atoms with Crippen molar-refractivity contribution < 1.29 is 35.5 Å². The summed E-state index contributed by atoms with van der Waals surface area (Å²) in [5, 5.41) is 2.59. The molecule has 0 saturated heterocycles. The number of sulfonamides is 2. The van der Waals surface area contributed by atoms with E-state index in [1.807, 2.05) is 19.9 Å². The van der Waals surface area contributed by atoms with Gasteiger partial charge < -0.3 is 14.8 Å². The van der Waals surface area contributed by atoms with Gasteiger partial charge in [0.05, 0.1) is 15.5 Å². The predicted molar refractivity (Wildman–Crippen MR) is 160 cm³/mol. The van der Waals surface area contributed by atoms with Gasteiger partial charge in [-0.2, -0.15) is 0 Å². The SMILES string of the molecule is Cc1ccc(NS(=O)(=O)c2ccc(NC(=O)CN(c3ccc(F)cc3)S(=O)(=O)c3ccc4c(c3)OCCO4)cc2)cc1C. The van der Waals surface area contributed by atoms with Crippen LogP contribution in [-0.4, -0.2) is 42.5 Å². The van der Waals surface area contributed by atoms with Crippen LogP contribution in [0.25, 0.3) is 0 Å². The standard InChI is InChI=1S/C30H28FN3O7S2/c1-20-3-6-24(17-21(20)2)33-42(36,37)26-11-7-23(8-12-26)32-30(35)19-34(25-9-4-22(31)5-10-25)43(38,39)27-13-14-28-29(18-27)41-16-15-40-28/h3-14,17-18,33H,15-16,19H2,1-2H3,(H,32,35). The first kappa shape index (κ1) is 29.9. The van der Waals surface area contributed by atoms with E-state index in [9.17, 15) is 26.0 Å². The fourth-order valence-electron chi connectivity index (χ4n) is 4.30. The van der Waals surface area contributed by atoms with E-state index in [2.05, 4.69) is 10.0 Å². The fourth-order valence-corrected chi connectivity index (χ4v) is 6.79. The summed E-state index contributed by atoms with van der Waals surface area (Å²) in [5.41, 5.74) is 2.68. The number of ether oxygens (including phenoxy) is 2. The molecule has 1 aliphatic rings. The van der Waals surface area contributed by atoms with E-state index in [1.165, 1.54) is 54.6 Å². The lowest BCUT2D eigenvalue weighted by molar-refractivity contribution is -0.114. The maximum atomic E-state index is 13.7. The van der Waals surface area contributed by atoms with Crippen LogP contribution in [0, 0.1) is 19.7 Å². The number of benzene rings is 4. The molecule has 0 aromatic heterocycles. The summed E-state index contributed by atoms with van der Waals surface area (Å²) in [6, 6.07) is 19.4. The molecule has 5 rings (SSSR count). The van der Waals surface area contributed by atoms with Gasteiger partial charge in [0.1, 0.15) is 25.6 Å². The van der Waals surface area contributed by atoms with Crippen LogP contribution in [0.4, 0.5) is 21.5 Å². The number of hydrogen-bond acceptors (Lipinski definition) is 7. The Kier molecular flexibility index (Phi) is 8.29. The summed E-state index contributed by atoms with van der Waals surface area (Å²) in [4.78, 5) is 12.9. The van der Waals surface area contributed by atoms with Crippen molar-refractivity contribution in [3.8, 4) is 11.5 Å². The van der Waals surface area contributed by atoms with Gasteiger partial charge in [-0.25, -0.2) is 21.2 Å². The number of fused-ring (bicyclic) bond motifs is 1. The number of aryl methyl sites for hydroxylation is 2. The van der Waals surface area contributed by atoms with E-state index in [4.69, 9.17) is 9.47 Å². The molecule has 0 unspecified atom stereocenters. The predicted octanol–water partition coefficient (Wildman–Crippen LogP) is 4.85. The van der Waals surface area contributed by atoms with Gasteiger partial charge in [-0.1, -0.05) is 6.07 Å². The van der Waals surface area contributed by atoms with E-state index in [-0.39, 0.29) is 33.5 Å². The molecule has 1 amide bonds. The van der Waals surface area contributed by atoms with Gasteiger partial charge in [0.25, 0.3) is 20.0 Å². The highest BCUT2D eigenvalue weighted by Gasteiger charge is 2.29. The Morgan fingerprint density at radius 2 is 1.40 bits per heavy atom. The van der Waals surface area contributed by atoms with Crippen molar-refractivity contribution in [1.82, 2.24) is 0 Å².